The Morgan fingerprint density at radius 3 is 2.82 bits per heavy atom. The number of aromatic nitrogens is 1. The third-order valence-corrected chi connectivity index (χ3v) is 7.76. The van der Waals surface area contributed by atoms with Crippen LogP contribution in [-0.4, -0.2) is 28.3 Å². The molecule has 0 radical (unpaired) electrons. The van der Waals surface area contributed by atoms with Gasteiger partial charge in [0.15, 0.2) is 11.9 Å². The number of hydrogen-bond donors (Lipinski definition) is 0. The van der Waals surface area contributed by atoms with Crippen molar-refractivity contribution in [2.75, 3.05) is 0 Å². The monoisotopic (exact) mass is 385 g/mol. The maximum Gasteiger partial charge on any atom is 0.201 e. The first kappa shape index (κ1) is 18.7. The van der Waals surface area contributed by atoms with Crippen LogP contribution in [0.15, 0.2) is 18.3 Å². The van der Waals surface area contributed by atoms with Crippen LogP contribution in [0.4, 0.5) is 0 Å². The van der Waals surface area contributed by atoms with Gasteiger partial charge in [-0.15, -0.1) is 0 Å². The van der Waals surface area contributed by atoms with Crippen molar-refractivity contribution >= 4 is 0 Å². The Balaban J connectivity index is 1.43. The minimum absolute atomic E-state index is 0.0500. The second-order valence-electron chi connectivity index (χ2n) is 9.45. The lowest BCUT2D eigenvalue weighted by Crippen LogP contribution is -2.70. The van der Waals surface area contributed by atoms with Gasteiger partial charge in [0.1, 0.15) is 0 Å². The summed E-state index contributed by atoms with van der Waals surface area (Å²) in [4.78, 5) is 12.1. The van der Waals surface area contributed by atoms with E-state index in [1.165, 1.54) is 6.42 Å². The van der Waals surface area contributed by atoms with E-state index in [4.69, 9.17) is 19.2 Å². The summed E-state index contributed by atoms with van der Waals surface area (Å²) in [5.41, 5.74) is 0.551. The maximum absolute atomic E-state index is 6.57. The first-order chi connectivity index (χ1) is 13.4. The standard InChI is InChI=1S/C23H31NO4/c1-15-10-11-19-16(2)20(9-5-7-17-8-6-14-24(17)4)25-21-23(19)18(15)12-13-22(3,26-21)27-28-23/h6,8,14-16,18-21H,9-13H2,1-4H3/t15-,16-,18?,19?,20-,21-,22?,23-/m1/s1. The van der Waals surface area contributed by atoms with Crippen LogP contribution in [0.5, 0.6) is 0 Å². The van der Waals surface area contributed by atoms with Gasteiger partial charge in [0.05, 0.1) is 11.8 Å². The fraction of sp³-hybridized carbons (Fsp3) is 0.739. The van der Waals surface area contributed by atoms with Gasteiger partial charge in [-0.3, -0.25) is 0 Å². The zero-order chi connectivity index (χ0) is 19.5. The predicted octanol–water partition coefficient (Wildman–Crippen LogP) is 4.02. The first-order valence-electron chi connectivity index (χ1n) is 10.7. The Morgan fingerprint density at radius 2 is 2.04 bits per heavy atom. The summed E-state index contributed by atoms with van der Waals surface area (Å²) in [7, 11) is 2.02. The molecule has 28 heavy (non-hydrogen) atoms. The number of hydrogen-bond acceptors (Lipinski definition) is 4. The van der Waals surface area contributed by atoms with E-state index in [9.17, 15) is 0 Å². The molecule has 3 unspecified atom stereocenters. The van der Waals surface area contributed by atoms with Crippen molar-refractivity contribution in [3.05, 3.63) is 24.0 Å². The summed E-state index contributed by atoms with van der Waals surface area (Å²) in [6, 6.07) is 4.06. The van der Waals surface area contributed by atoms with Gasteiger partial charge < -0.3 is 14.0 Å². The summed E-state index contributed by atoms with van der Waals surface area (Å²) in [6.07, 6.45) is 6.68. The molecule has 1 spiro atoms. The molecule has 5 heterocycles. The van der Waals surface area contributed by atoms with Gasteiger partial charge in [-0.25, -0.2) is 9.78 Å². The normalized spacial score (nSPS) is 47.0. The number of rotatable bonds is 1. The van der Waals surface area contributed by atoms with E-state index < -0.39 is 11.4 Å². The van der Waals surface area contributed by atoms with E-state index in [0.29, 0.717) is 30.1 Å². The van der Waals surface area contributed by atoms with Crippen LogP contribution in [0.2, 0.25) is 0 Å². The highest BCUT2D eigenvalue weighted by molar-refractivity contribution is 5.29. The Labute approximate surface area is 167 Å². The Bertz CT molecular complexity index is 809. The third-order valence-electron chi connectivity index (χ3n) is 7.76. The van der Waals surface area contributed by atoms with Crippen molar-refractivity contribution in [1.29, 1.82) is 0 Å². The predicted molar refractivity (Wildman–Crippen MR) is 104 cm³/mol. The lowest BCUT2D eigenvalue weighted by atomic mass is 9.57. The van der Waals surface area contributed by atoms with Gasteiger partial charge in [-0.2, -0.15) is 0 Å². The van der Waals surface area contributed by atoms with Gasteiger partial charge in [-0.05, 0) is 62.0 Å². The lowest BCUT2D eigenvalue weighted by molar-refractivity contribution is -0.570. The van der Waals surface area contributed by atoms with Crippen LogP contribution in [0.3, 0.4) is 0 Å². The molecule has 1 aromatic rings. The van der Waals surface area contributed by atoms with Crippen LogP contribution in [0, 0.1) is 35.5 Å². The molecule has 8 atom stereocenters. The van der Waals surface area contributed by atoms with Crippen molar-refractivity contribution in [1.82, 2.24) is 4.57 Å². The largest absolute Gasteiger partial charge is 0.345 e. The second kappa shape index (κ2) is 6.60. The molecule has 5 aliphatic rings. The van der Waals surface area contributed by atoms with Gasteiger partial charge in [0, 0.05) is 32.0 Å². The van der Waals surface area contributed by atoms with Gasteiger partial charge in [0.2, 0.25) is 5.79 Å². The molecule has 5 nitrogen and oxygen atoms in total. The highest BCUT2D eigenvalue weighted by Gasteiger charge is 2.69. The molecule has 2 bridgehead atoms. The van der Waals surface area contributed by atoms with Gasteiger partial charge in [0.25, 0.3) is 0 Å². The molecular weight excluding hydrogens is 354 g/mol. The maximum atomic E-state index is 6.57. The van der Waals surface area contributed by atoms with Crippen molar-refractivity contribution < 1.29 is 19.2 Å². The van der Waals surface area contributed by atoms with E-state index in [2.05, 4.69) is 25.7 Å². The first-order valence-corrected chi connectivity index (χ1v) is 10.7. The molecule has 0 aromatic carbocycles. The lowest BCUT2D eigenvalue weighted by Gasteiger charge is -2.60. The van der Waals surface area contributed by atoms with E-state index in [0.717, 1.165) is 25.0 Å². The molecule has 4 aliphatic heterocycles. The molecule has 5 fully saturated rings. The molecule has 152 valence electrons. The highest BCUT2D eigenvalue weighted by atomic mass is 17.3. The van der Waals surface area contributed by atoms with Crippen molar-refractivity contribution in [3.63, 3.8) is 0 Å². The zero-order valence-electron chi connectivity index (χ0n) is 17.3. The number of nitrogens with zero attached hydrogens (tertiary/aromatic N) is 1. The number of fused-ring (bicyclic) bond motifs is 2. The van der Waals surface area contributed by atoms with Crippen LogP contribution in [0.25, 0.3) is 0 Å². The molecule has 1 saturated carbocycles. The topological polar surface area (TPSA) is 41.9 Å². The Hall–Kier alpha value is -1.32. The minimum Gasteiger partial charge on any atom is -0.345 e. The molecule has 5 heteroatoms. The highest BCUT2D eigenvalue weighted by Crippen LogP contribution is 2.60. The Kier molecular flexibility index (Phi) is 4.41. The number of aryl methyl sites for hydroxylation is 1. The van der Waals surface area contributed by atoms with E-state index in [-0.39, 0.29) is 12.4 Å². The van der Waals surface area contributed by atoms with Crippen LogP contribution >= 0.6 is 0 Å². The van der Waals surface area contributed by atoms with Crippen molar-refractivity contribution in [3.8, 4) is 11.8 Å². The van der Waals surface area contributed by atoms with Crippen LogP contribution < -0.4 is 0 Å². The average Bonchev–Trinajstić information content (AvgIpc) is 2.93. The molecule has 1 aliphatic carbocycles. The van der Waals surface area contributed by atoms with Gasteiger partial charge >= 0.3 is 0 Å². The molecular formula is C23H31NO4. The zero-order valence-corrected chi connectivity index (χ0v) is 17.3. The summed E-state index contributed by atoms with van der Waals surface area (Å²) < 4.78 is 15.0. The SMILES string of the molecule is C[C@@H]1CCC2[C@@H](C)[C@@H](CC#Cc3cccn3C)O[C@@H]3OC4(C)CCC1[C@@]23OO4. The van der Waals surface area contributed by atoms with Crippen LogP contribution in [0.1, 0.15) is 58.6 Å². The van der Waals surface area contributed by atoms with Crippen molar-refractivity contribution in [2.45, 2.75) is 76.7 Å². The van der Waals surface area contributed by atoms with Crippen LogP contribution in [-0.2, 0) is 26.3 Å². The summed E-state index contributed by atoms with van der Waals surface area (Å²) in [6.45, 7) is 6.61. The smallest absolute Gasteiger partial charge is 0.201 e. The summed E-state index contributed by atoms with van der Waals surface area (Å²) in [5.74, 6) is 7.65. The fourth-order valence-corrected chi connectivity index (χ4v) is 6.05. The third kappa shape index (κ3) is 2.69. The molecule has 1 aromatic heterocycles. The quantitative estimate of drug-likeness (QED) is 0.541. The summed E-state index contributed by atoms with van der Waals surface area (Å²) in [5, 5.41) is 0. The minimum atomic E-state index is -0.711. The van der Waals surface area contributed by atoms with E-state index in [1.807, 2.05) is 36.9 Å². The molecule has 6 rings (SSSR count). The van der Waals surface area contributed by atoms with E-state index >= 15 is 0 Å². The summed E-state index contributed by atoms with van der Waals surface area (Å²) >= 11 is 0. The average molecular weight is 386 g/mol. The van der Waals surface area contributed by atoms with Gasteiger partial charge in [-0.1, -0.05) is 19.8 Å². The molecule has 0 N–H and O–H groups in total. The van der Waals surface area contributed by atoms with E-state index in [1.54, 1.807) is 0 Å². The van der Waals surface area contributed by atoms with Crippen molar-refractivity contribution in [2.24, 2.45) is 30.7 Å². The number of ether oxygens (including phenoxy) is 2. The second-order valence-corrected chi connectivity index (χ2v) is 9.45. The fourth-order valence-electron chi connectivity index (χ4n) is 6.05. The molecule has 4 saturated heterocycles. The Morgan fingerprint density at radius 1 is 1.18 bits per heavy atom. The molecule has 0 amide bonds.